The lowest BCUT2D eigenvalue weighted by Crippen LogP contribution is -2.35. The van der Waals surface area contributed by atoms with Crippen LogP contribution in [0.5, 0.6) is 11.5 Å². The van der Waals surface area contributed by atoms with Crippen molar-refractivity contribution < 1.29 is 9.47 Å². The van der Waals surface area contributed by atoms with E-state index in [1.54, 1.807) is 7.11 Å². The molecule has 3 aliphatic rings. The minimum atomic E-state index is 0.402. The molecule has 0 spiro atoms. The maximum atomic E-state index is 6.37. The van der Waals surface area contributed by atoms with Gasteiger partial charge in [-0.05, 0) is 79.1 Å². The second-order valence-corrected chi connectivity index (χ2v) is 7.98. The van der Waals surface area contributed by atoms with Crippen molar-refractivity contribution in [3.63, 3.8) is 0 Å². The number of rotatable bonds is 4. The number of nitrogens with two attached hydrogens (primary N) is 1. The van der Waals surface area contributed by atoms with Crippen LogP contribution in [-0.2, 0) is 12.8 Å². The van der Waals surface area contributed by atoms with E-state index >= 15 is 0 Å². The molecule has 1 atom stereocenters. The molecule has 4 heteroatoms. The van der Waals surface area contributed by atoms with Crippen molar-refractivity contribution in [2.24, 2.45) is 5.92 Å². The summed E-state index contributed by atoms with van der Waals surface area (Å²) in [4.78, 5) is 2.47. The Kier molecular flexibility index (Phi) is 3.64. The van der Waals surface area contributed by atoms with Gasteiger partial charge in [-0.25, -0.2) is 0 Å². The van der Waals surface area contributed by atoms with Gasteiger partial charge in [-0.3, -0.25) is 4.90 Å². The fourth-order valence-electron chi connectivity index (χ4n) is 4.49. The zero-order chi connectivity index (χ0) is 17.8. The summed E-state index contributed by atoms with van der Waals surface area (Å²) < 4.78 is 12.1. The summed E-state index contributed by atoms with van der Waals surface area (Å²) in [6.07, 6.45) is 4.63. The molecule has 2 aromatic carbocycles. The van der Waals surface area contributed by atoms with Crippen LogP contribution in [0, 0.1) is 5.92 Å². The van der Waals surface area contributed by atoms with Gasteiger partial charge in [0, 0.05) is 23.8 Å². The Balaban J connectivity index is 1.76. The zero-order valence-corrected chi connectivity index (χ0v) is 15.5. The molecule has 1 saturated carbocycles. The van der Waals surface area contributed by atoms with Crippen molar-refractivity contribution in [2.45, 2.75) is 31.7 Å². The van der Waals surface area contributed by atoms with E-state index in [-0.39, 0.29) is 0 Å². The van der Waals surface area contributed by atoms with Gasteiger partial charge in [0.1, 0.15) is 0 Å². The lowest BCUT2D eigenvalue weighted by atomic mass is 9.76. The fourth-order valence-corrected chi connectivity index (χ4v) is 4.49. The molecule has 1 aliphatic heterocycles. The molecule has 1 unspecified atom stereocenters. The van der Waals surface area contributed by atoms with E-state index in [2.05, 4.69) is 30.1 Å². The van der Waals surface area contributed by atoms with Crippen molar-refractivity contribution in [3.05, 3.63) is 41.0 Å². The number of fused-ring (bicyclic) bond motifs is 2. The molecule has 0 radical (unpaired) electrons. The summed E-state index contributed by atoms with van der Waals surface area (Å²) in [5.74, 6) is 2.47. The van der Waals surface area contributed by atoms with Crippen molar-refractivity contribution in [3.8, 4) is 22.6 Å². The number of hydrogen-bond donors (Lipinski definition) is 1. The Bertz CT molecular complexity index is 873. The van der Waals surface area contributed by atoms with E-state index in [0.29, 0.717) is 12.0 Å². The monoisotopic (exact) mass is 350 g/mol. The number of methoxy groups -OCH3 is 1. The van der Waals surface area contributed by atoms with Crippen molar-refractivity contribution in [2.75, 3.05) is 33.0 Å². The molecular formula is C22H26N2O2. The van der Waals surface area contributed by atoms with Gasteiger partial charge in [0.15, 0.2) is 11.5 Å². The lowest BCUT2D eigenvalue weighted by molar-refractivity contribution is 0.225. The molecular weight excluding hydrogens is 324 g/mol. The van der Waals surface area contributed by atoms with Crippen LogP contribution in [0.1, 0.15) is 35.6 Å². The second-order valence-electron chi connectivity index (χ2n) is 7.98. The number of likely N-dealkylation sites (N-methyl/N-ethyl adjacent to an activating group) is 1. The average molecular weight is 350 g/mol. The molecule has 0 aromatic heterocycles. The first-order chi connectivity index (χ1) is 12.7. The topological polar surface area (TPSA) is 47.7 Å². The second kappa shape index (κ2) is 5.92. The zero-order valence-electron chi connectivity index (χ0n) is 15.5. The molecule has 1 heterocycles. The first-order valence-corrected chi connectivity index (χ1v) is 9.61. The predicted molar refractivity (Wildman–Crippen MR) is 104 cm³/mol. The molecule has 2 aliphatic carbocycles. The van der Waals surface area contributed by atoms with E-state index in [1.807, 2.05) is 6.07 Å². The van der Waals surface area contributed by atoms with Crippen LogP contribution < -0.4 is 15.2 Å². The van der Waals surface area contributed by atoms with Crippen molar-refractivity contribution in [1.82, 2.24) is 4.90 Å². The van der Waals surface area contributed by atoms with Gasteiger partial charge < -0.3 is 15.2 Å². The van der Waals surface area contributed by atoms with E-state index in [9.17, 15) is 0 Å². The predicted octanol–water partition coefficient (Wildman–Crippen LogP) is 3.82. The molecule has 0 bridgehead atoms. The molecule has 4 nitrogen and oxygen atoms in total. The lowest BCUT2D eigenvalue weighted by Gasteiger charge is -2.40. The van der Waals surface area contributed by atoms with E-state index in [4.69, 9.17) is 15.2 Å². The molecule has 26 heavy (non-hydrogen) atoms. The summed E-state index contributed by atoms with van der Waals surface area (Å²) >= 11 is 0. The Labute approximate surface area is 154 Å². The summed E-state index contributed by atoms with van der Waals surface area (Å²) in [6, 6.07) is 8.91. The van der Waals surface area contributed by atoms with Gasteiger partial charge in [0.2, 0.25) is 0 Å². The van der Waals surface area contributed by atoms with Crippen LogP contribution in [0.15, 0.2) is 24.3 Å². The maximum Gasteiger partial charge on any atom is 0.169 e. The van der Waals surface area contributed by atoms with Crippen LogP contribution in [0.25, 0.3) is 11.1 Å². The molecule has 136 valence electrons. The average Bonchev–Trinajstić information content (AvgIpc) is 3.47. The first kappa shape index (κ1) is 16.0. The van der Waals surface area contributed by atoms with Gasteiger partial charge >= 0.3 is 0 Å². The van der Waals surface area contributed by atoms with Crippen LogP contribution in [0.3, 0.4) is 0 Å². The molecule has 1 fully saturated rings. The molecule has 2 N–H and O–H groups in total. The standard InChI is InChI=1S/C22H26N2O2/c1-24-8-7-15-10-19(25-2)22(26-12-13-3-4-13)21-17-11-16(23)6-5-14(17)9-18(24)20(15)21/h5-6,10-11,13,18H,3-4,7-9,12,23H2,1-2H3. The third-order valence-corrected chi connectivity index (χ3v) is 6.17. The van der Waals surface area contributed by atoms with Crippen molar-refractivity contribution >= 4 is 5.69 Å². The van der Waals surface area contributed by atoms with Gasteiger partial charge in [-0.15, -0.1) is 0 Å². The number of ether oxygens (including phenoxy) is 2. The highest BCUT2D eigenvalue weighted by atomic mass is 16.5. The molecule has 0 amide bonds. The highest BCUT2D eigenvalue weighted by Crippen LogP contribution is 2.53. The number of benzene rings is 2. The Morgan fingerprint density at radius 1 is 1.19 bits per heavy atom. The molecule has 2 aromatic rings. The third kappa shape index (κ3) is 2.47. The van der Waals surface area contributed by atoms with Gasteiger partial charge in [-0.1, -0.05) is 6.07 Å². The number of hydrogen-bond acceptors (Lipinski definition) is 4. The smallest absolute Gasteiger partial charge is 0.169 e. The third-order valence-electron chi connectivity index (χ3n) is 6.17. The first-order valence-electron chi connectivity index (χ1n) is 9.61. The molecule has 5 rings (SSSR count). The van der Waals surface area contributed by atoms with E-state index in [1.165, 1.54) is 40.7 Å². The largest absolute Gasteiger partial charge is 0.493 e. The summed E-state index contributed by atoms with van der Waals surface area (Å²) in [7, 11) is 3.97. The summed E-state index contributed by atoms with van der Waals surface area (Å²) in [6.45, 7) is 1.85. The quantitative estimate of drug-likeness (QED) is 0.852. The fraction of sp³-hybridized carbons (Fsp3) is 0.455. The molecule has 0 saturated heterocycles. The number of nitrogen functional groups attached to an aromatic ring is 1. The minimum absolute atomic E-state index is 0.402. The summed E-state index contributed by atoms with van der Waals surface area (Å²) in [5.41, 5.74) is 13.6. The van der Waals surface area contributed by atoms with Gasteiger partial charge in [0.05, 0.1) is 13.7 Å². The van der Waals surface area contributed by atoms with Gasteiger partial charge in [0.25, 0.3) is 0 Å². The number of anilines is 1. The SMILES string of the molecule is COc1cc2c3c(c1OCC1CC1)-c1cc(N)ccc1CC3N(C)CC2. The van der Waals surface area contributed by atoms with Crippen LogP contribution in [0.4, 0.5) is 5.69 Å². The Morgan fingerprint density at radius 2 is 2.04 bits per heavy atom. The Morgan fingerprint density at radius 3 is 2.81 bits per heavy atom. The summed E-state index contributed by atoms with van der Waals surface area (Å²) in [5, 5.41) is 0. The Hall–Kier alpha value is -2.20. The van der Waals surface area contributed by atoms with Gasteiger partial charge in [-0.2, -0.15) is 0 Å². The van der Waals surface area contributed by atoms with Crippen LogP contribution >= 0.6 is 0 Å². The highest BCUT2D eigenvalue weighted by molar-refractivity contribution is 5.85. The highest BCUT2D eigenvalue weighted by Gasteiger charge is 2.36. The van der Waals surface area contributed by atoms with Crippen LogP contribution in [-0.4, -0.2) is 32.2 Å². The maximum absolute atomic E-state index is 6.37. The number of nitrogens with zero attached hydrogens (tertiary/aromatic N) is 1. The van der Waals surface area contributed by atoms with Crippen molar-refractivity contribution in [1.29, 1.82) is 0 Å². The minimum Gasteiger partial charge on any atom is -0.493 e. The van der Waals surface area contributed by atoms with E-state index in [0.717, 1.165) is 43.2 Å². The normalized spacial score (nSPS) is 21.1. The van der Waals surface area contributed by atoms with E-state index < -0.39 is 0 Å². The van der Waals surface area contributed by atoms with Crippen LogP contribution in [0.2, 0.25) is 0 Å².